The van der Waals surface area contributed by atoms with Crippen molar-refractivity contribution in [1.82, 2.24) is 10.2 Å². The third-order valence-corrected chi connectivity index (χ3v) is 3.38. The Morgan fingerprint density at radius 1 is 1.40 bits per heavy atom. The Hall–Kier alpha value is -0.590. The van der Waals surface area contributed by atoms with Gasteiger partial charge in [0, 0.05) is 6.54 Å². The van der Waals surface area contributed by atoms with Gasteiger partial charge >= 0.3 is 0 Å². The Morgan fingerprint density at radius 3 is 2.73 bits per heavy atom. The first-order valence-electron chi connectivity index (χ1n) is 5.86. The average Bonchev–Trinajstić information content (AvgIpc) is 2.36. The number of likely N-dealkylation sites (N-methyl/N-ethyl adjacent to an activating group) is 1. The van der Waals surface area contributed by atoms with Crippen LogP contribution in [-0.2, 0) is 0 Å². The zero-order valence-electron chi connectivity index (χ0n) is 10.2. The monoisotopic (exact) mass is 209 g/mol. The molecule has 1 aliphatic rings. The molecule has 1 atom stereocenters. The summed E-state index contributed by atoms with van der Waals surface area (Å²) >= 11 is 0. The van der Waals surface area contributed by atoms with Crippen molar-refractivity contribution in [3.05, 3.63) is 0 Å². The minimum absolute atomic E-state index is 0.0220. The fraction of sp³-hybridized carbons (Fsp3) is 0.917. The van der Waals surface area contributed by atoms with Crippen LogP contribution in [0.25, 0.3) is 0 Å². The van der Waals surface area contributed by atoms with E-state index >= 15 is 0 Å². The second-order valence-corrected chi connectivity index (χ2v) is 5.29. The molecule has 0 saturated carbocycles. The van der Waals surface area contributed by atoms with Crippen LogP contribution in [-0.4, -0.2) is 37.6 Å². The summed E-state index contributed by atoms with van der Waals surface area (Å²) in [6.07, 6.45) is 3.81. The number of nitriles is 1. The molecular formula is C12H23N3. The van der Waals surface area contributed by atoms with Crippen molar-refractivity contribution in [1.29, 1.82) is 5.26 Å². The smallest absolute Gasteiger partial charge is 0.108 e. The number of rotatable bonds is 3. The van der Waals surface area contributed by atoms with Gasteiger partial charge in [-0.05, 0) is 44.8 Å². The quantitative estimate of drug-likeness (QED) is 0.767. The molecule has 15 heavy (non-hydrogen) atoms. The lowest BCUT2D eigenvalue weighted by atomic mass is 9.85. The van der Waals surface area contributed by atoms with Gasteiger partial charge in [0.2, 0.25) is 0 Å². The van der Waals surface area contributed by atoms with Crippen molar-refractivity contribution in [3.8, 4) is 6.07 Å². The summed E-state index contributed by atoms with van der Waals surface area (Å²) in [7, 11) is 1.86. The third kappa shape index (κ3) is 4.19. The molecule has 1 rings (SSSR count). The Morgan fingerprint density at radius 2 is 2.13 bits per heavy atom. The van der Waals surface area contributed by atoms with E-state index in [1.165, 1.54) is 19.3 Å². The van der Waals surface area contributed by atoms with Crippen LogP contribution in [0, 0.1) is 16.7 Å². The first kappa shape index (κ1) is 12.5. The van der Waals surface area contributed by atoms with Crippen LogP contribution < -0.4 is 5.32 Å². The van der Waals surface area contributed by atoms with Crippen molar-refractivity contribution >= 4 is 0 Å². The maximum Gasteiger partial charge on any atom is 0.108 e. The fourth-order valence-corrected chi connectivity index (χ4v) is 2.12. The summed E-state index contributed by atoms with van der Waals surface area (Å²) < 4.78 is 0. The number of hydrogen-bond acceptors (Lipinski definition) is 3. The molecule has 0 aliphatic carbocycles. The highest BCUT2D eigenvalue weighted by Crippen LogP contribution is 2.29. The minimum atomic E-state index is -0.0220. The third-order valence-electron chi connectivity index (χ3n) is 3.38. The van der Waals surface area contributed by atoms with Gasteiger partial charge in [0.05, 0.1) is 6.07 Å². The molecule has 0 aromatic carbocycles. The summed E-state index contributed by atoms with van der Waals surface area (Å²) in [4.78, 5) is 2.42. The molecule has 1 fully saturated rings. The normalized spacial score (nSPS) is 24.1. The van der Waals surface area contributed by atoms with Gasteiger partial charge in [0.15, 0.2) is 0 Å². The van der Waals surface area contributed by atoms with Crippen LogP contribution in [0.15, 0.2) is 0 Å². The SMILES string of the molecule is CNC(C#N)CN1CCCC(C)(C)CC1. The number of nitrogens with zero attached hydrogens (tertiary/aromatic N) is 2. The van der Waals surface area contributed by atoms with Crippen LogP contribution in [0.4, 0.5) is 0 Å². The molecule has 86 valence electrons. The summed E-state index contributed by atoms with van der Waals surface area (Å²) in [5.74, 6) is 0. The largest absolute Gasteiger partial charge is 0.304 e. The lowest BCUT2D eigenvalue weighted by Crippen LogP contribution is -2.39. The summed E-state index contributed by atoms with van der Waals surface area (Å²) in [5, 5.41) is 11.9. The van der Waals surface area contributed by atoms with Crippen molar-refractivity contribution in [3.63, 3.8) is 0 Å². The van der Waals surface area contributed by atoms with Gasteiger partial charge in [0.1, 0.15) is 6.04 Å². The highest BCUT2D eigenvalue weighted by Gasteiger charge is 2.23. The van der Waals surface area contributed by atoms with Gasteiger partial charge in [-0.25, -0.2) is 0 Å². The molecule has 1 aliphatic heterocycles. The van der Waals surface area contributed by atoms with E-state index in [1.54, 1.807) is 0 Å². The van der Waals surface area contributed by atoms with Gasteiger partial charge in [-0.2, -0.15) is 5.26 Å². The highest BCUT2D eigenvalue weighted by molar-refractivity contribution is 4.91. The van der Waals surface area contributed by atoms with E-state index in [9.17, 15) is 0 Å². The van der Waals surface area contributed by atoms with Crippen LogP contribution >= 0.6 is 0 Å². The Balaban J connectivity index is 2.41. The fourth-order valence-electron chi connectivity index (χ4n) is 2.12. The second kappa shape index (κ2) is 5.48. The van der Waals surface area contributed by atoms with Gasteiger partial charge < -0.3 is 10.2 Å². The van der Waals surface area contributed by atoms with Crippen LogP contribution in [0.5, 0.6) is 0 Å². The van der Waals surface area contributed by atoms with Gasteiger partial charge in [-0.15, -0.1) is 0 Å². The predicted molar refractivity (Wildman–Crippen MR) is 62.5 cm³/mol. The standard InChI is InChI=1S/C12H23N3/c1-12(2)5-4-7-15(8-6-12)10-11(9-13)14-3/h11,14H,4-8,10H2,1-3H3. The van der Waals surface area contributed by atoms with E-state index < -0.39 is 0 Å². The zero-order valence-corrected chi connectivity index (χ0v) is 10.2. The zero-order chi connectivity index (χ0) is 11.3. The first-order valence-corrected chi connectivity index (χ1v) is 5.86. The molecule has 0 aromatic rings. The van der Waals surface area contributed by atoms with Gasteiger partial charge in [-0.3, -0.25) is 0 Å². The van der Waals surface area contributed by atoms with Crippen molar-refractivity contribution in [2.75, 3.05) is 26.7 Å². The van der Waals surface area contributed by atoms with Crippen molar-refractivity contribution in [2.45, 2.75) is 39.2 Å². The van der Waals surface area contributed by atoms with Crippen LogP contribution in [0.3, 0.4) is 0 Å². The van der Waals surface area contributed by atoms with Crippen molar-refractivity contribution < 1.29 is 0 Å². The molecule has 0 aromatic heterocycles. The molecular weight excluding hydrogens is 186 g/mol. The van der Waals surface area contributed by atoms with Crippen molar-refractivity contribution in [2.24, 2.45) is 5.41 Å². The summed E-state index contributed by atoms with van der Waals surface area (Å²) in [6, 6.07) is 2.27. The van der Waals surface area contributed by atoms with Crippen LogP contribution in [0.2, 0.25) is 0 Å². The highest BCUT2D eigenvalue weighted by atomic mass is 15.1. The Kier molecular flexibility index (Phi) is 4.56. The number of likely N-dealkylation sites (tertiary alicyclic amines) is 1. The van der Waals surface area contributed by atoms with Crippen LogP contribution in [0.1, 0.15) is 33.1 Å². The Bertz CT molecular complexity index is 230. The molecule has 0 spiro atoms. The molecule has 0 radical (unpaired) electrons. The predicted octanol–water partition coefficient (Wildman–Crippen LogP) is 1.61. The molecule has 0 amide bonds. The summed E-state index contributed by atoms with van der Waals surface area (Å²) in [6.45, 7) is 7.83. The van der Waals surface area contributed by atoms with Gasteiger partial charge in [0.25, 0.3) is 0 Å². The lowest BCUT2D eigenvalue weighted by molar-refractivity contribution is 0.252. The average molecular weight is 209 g/mol. The van der Waals surface area contributed by atoms with Gasteiger partial charge in [-0.1, -0.05) is 13.8 Å². The van der Waals surface area contributed by atoms with E-state index in [-0.39, 0.29) is 6.04 Å². The number of hydrogen-bond donors (Lipinski definition) is 1. The maximum atomic E-state index is 8.89. The van der Waals surface area contributed by atoms with E-state index in [4.69, 9.17) is 5.26 Å². The maximum absolute atomic E-state index is 8.89. The second-order valence-electron chi connectivity index (χ2n) is 5.29. The summed E-state index contributed by atoms with van der Waals surface area (Å²) in [5.41, 5.74) is 0.483. The van der Waals surface area contributed by atoms with E-state index in [0.29, 0.717) is 5.41 Å². The minimum Gasteiger partial charge on any atom is -0.304 e. The Labute approximate surface area is 93.5 Å². The topological polar surface area (TPSA) is 39.1 Å². The first-order chi connectivity index (χ1) is 7.07. The molecule has 1 heterocycles. The molecule has 3 nitrogen and oxygen atoms in total. The molecule has 1 N–H and O–H groups in total. The molecule has 1 unspecified atom stereocenters. The lowest BCUT2D eigenvalue weighted by Gasteiger charge is -2.24. The van der Waals surface area contributed by atoms with E-state index in [2.05, 4.69) is 30.1 Å². The van der Waals surface area contributed by atoms with E-state index in [0.717, 1.165) is 19.6 Å². The molecule has 1 saturated heterocycles. The molecule has 3 heteroatoms. The number of nitrogens with one attached hydrogen (secondary N) is 1. The molecule has 0 bridgehead atoms. The van der Waals surface area contributed by atoms with E-state index in [1.807, 2.05) is 7.05 Å².